The topological polar surface area (TPSA) is 77.2 Å². The first-order chi connectivity index (χ1) is 9.92. The van der Waals surface area contributed by atoms with Gasteiger partial charge < -0.3 is 9.88 Å². The highest BCUT2D eigenvalue weighted by molar-refractivity contribution is 9.10. The maximum absolute atomic E-state index is 13.2. The number of nitro benzene ring substituents is 1. The molecule has 1 amide bonds. The third kappa shape index (κ3) is 3.27. The Bertz CT molecular complexity index is 715. The van der Waals surface area contributed by atoms with E-state index in [4.69, 9.17) is 0 Å². The monoisotopic (exact) mass is 355 g/mol. The van der Waals surface area contributed by atoms with Crippen LogP contribution in [-0.2, 0) is 6.54 Å². The smallest absolute Gasteiger partial charge is 0.292 e. The largest absolute Gasteiger partial charge is 0.343 e. The molecule has 0 unspecified atom stereocenters. The van der Waals surface area contributed by atoms with Crippen molar-refractivity contribution >= 4 is 33.2 Å². The van der Waals surface area contributed by atoms with Gasteiger partial charge in [0.05, 0.1) is 4.92 Å². The number of carbonyl (C=O) groups excluding carboxylic acids is 1. The van der Waals surface area contributed by atoms with Crippen LogP contribution in [0.3, 0.4) is 0 Å². The van der Waals surface area contributed by atoms with Crippen LogP contribution in [-0.4, -0.2) is 15.4 Å². The summed E-state index contributed by atoms with van der Waals surface area (Å²) in [7, 11) is 0. The zero-order valence-electron chi connectivity index (χ0n) is 11.0. The fourth-order valence-electron chi connectivity index (χ4n) is 1.88. The normalized spacial score (nSPS) is 10.4. The van der Waals surface area contributed by atoms with Crippen LogP contribution in [0.1, 0.15) is 17.4 Å². The second kappa shape index (κ2) is 6.04. The Morgan fingerprint density at radius 3 is 2.81 bits per heavy atom. The zero-order valence-corrected chi connectivity index (χ0v) is 12.6. The second-order valence-corrected chi connectivity index (χ2v) is 5.12. The van der Waals surface area contributed by atoms with Gasteiger partial charge in [-0.15, -0.1) is 0 Å². The Labute approximate surface area is 127 Å². The highest BCUT2D eigenvalue weighted by Gasteiger charge is 2.19. The molecule has 1 heterocycles. The number of nitrogens with zero attached hydrogens (tertiary/aromatic N) is 2. The fraction of sp³-hybridized carbons (Fsp3) is 0.154. The van der Waals surface area contributed by atoms with Crippen LogP contribution in [0, 0.1) is 15.9 Å². The molecule has 1 N–H and O–H groups in total. The summed E-state index contributed by atoms with van der Waals surface area (Å²) in [5, 5.41) is 13.3. The third-order valence-electron chi connectivity index (χ3n) is 2.84. The van der Waals surface area contributed by atoms with E-state index >= 15 is 0 Å². The van der Waals surface area contributed by atoms with Crippen LogP contribution in [0.4, 0.5) is 15.8 Å². The Kier molecular flexibility index (Phi) is 4.37. The average molecular weight is 356 g/mol. The first-order valence-corrected chi connectivity index (χ1v) is 6.82. The molecule has 0 spiro atoms. The van der Waals surface area contributed by atoms with Crippen molar-refractivity contribution in [1.29, 1.82) is 0 Å². The zero-order chi connectivity index (χ0) is 15.6. The minimum atomic E-state index is -0.677. The average Bonchev–Trinajstić information content (AvgIpc) is 2.79. The minimum absolute atomic E-state index is 0.176. The number of carbonyl (C=O) groups is 1. The summed E-state index contributed by atoms with van der Waals surface area (Å²) in [6.45, 7) is 2.41. The van der Waals surface area contributed by atoms with Crippen molar-refractivity contribution in [2.45, 2.75) is 13.5 Å². The van der Waals surface area contributed by atoms with Gasteiger partial charge in [-0.05, 0) is 35.0 Å². The number of amides is 1. The molecule has 0 radical (unpaired) electrons. The number of nitrogens with one attached hydrogen (secondary N) is 1. The maximum Gasteiger partial charge on any atom is 0.292 e. The van der Waals surface area contributed by atoms with E-state index in [9.17, 15) is 19.3 Å². The lowest BCUT2D eigenvalue weighted by Gasteiger charge is -2.08. The Morgan fingerprint density at radius 2 is 2.19 bits per heavy atom. The molecule has 0 atom stereocenters. The van der Waals surface area contributed by atoms with Gasteiger partial charge in [0.25, 0.3) is 11.6 Å². The number of nitro groups is 1. The van der Waals surface area contributed by atoms with Crippen LogP contribution < -0.4 is 5.32 Å². The first-order valence-electron chi connectivity index (χ1n) is 6.03. The van der Waals surface area contributed by atoms with Crippen LogP contribution in [0.5, 0.6) is 0 Å². The summed E-state index contributed by atoms with van der Waals surface area (Å²) >= 11 is 3.26. The first kappa shape index (κ1) is 15.2. The number of hydrogen-bond donors (Lipinski definition) is 1. The van der Waals surface area contributed by atoms with E-state index in [0.717, 1.165) is 18.2 Å². The molecule has 0 fully saturated rings. The van der Waals surface area contributed by atoms with Gasteiger partial charge in [0.1, 0.15) is 17.2 Å². The van der Waals surface area contributed by atoms with Crippen molar-refractivity contribution < 1.29 is 14.1 Å². The molecule has 0 aliphatic heterocycles. The lowest BCUT2D eigenvalue weighted by atomic mass is 10.2. The number of benzene rings is 1. The second-order valence-electron chi connectivity index (χ2n) is 4.20. The fourth-order valence-corrected chi connectivity index (χ4v) is 2.34. The predicted octanol–water partition coefficient (Wildman–Crippen LogP) is 3.57. The molecule has 1 aromatic carbocycles. The van der Waals surface area contributed by atoms with Gasteiger partial charge in [-0.25, -0.2) is 4.39 Å². The van der Waals surface area contributed by atoms with Crippen molar-refractivity contribution in [1.82, 2.24) is 4.57 Å². The predicted molar refractivity (Wildman–Crippen MR) is 78.8 cm³/mol. The van der Waals surface area contributed by atoms with Crippen molar-refractivity contribution in [3.63, 3.8) is 0 Å². The van der Waals surface area contributed by atoms with E-state index in [1.807, 2.05) is 6.92 Å². The number of rotatable bonds is 4. The molecule has 110 valence electrons. The van der Waals surface area contributed by atoms with Gasteiger partial charge in [0, 0.05) is 29.3 Å². The Balaban J connectivity index is 2.35. The van der Waals surface area contributed by atoms with E-state index < -0.39 is 16.6 Å². The quantitative estimate of drug-likeness (QED) is 0.672. The lowest BCUT2D eigenvalue weighted by molar-refractivity contribution is -0.384. The summed E-state index contributed by atoms with van der Waals surface area (Å²) in [5.74, 6) is -1.21. The Morgan fingerprint density at radius 1 is 1.48 bits per heavy atom. The molecule has 21 heavy (non-hydrogen) atoms. The van der Waals surface area contributed by atoms with E-state index in [1.54, 1.807) is 16.8 Å². The standard InChI is InChI=1S/C13H11BrFN3O3/c1-2-17-7-8(14)5-12(17)13(19)16-10-6-9(15)3-4-11(10)18(20)21/h3-7H,2H2,1H3,(H,16,19). The van der Waals surface area contributed by atoms with E-state index in [1.165, 1.54) is 0 Å². The van der Waals surface area contributed by atoms with Crippen LogP contribution in [0.15, 0.2) is 34.9 Å². The number of aromatic nitrogens is 1. The van der Waals surface area contributed by atoms with Crippen molar-refractivity contribution in [2.24, 2.45) is 0 Å². The highest BCUT2D eigenvalue weighted by Crippen LogP contribution is 2.26. The number of aryl methyl sites for hydroxylation is 1. The number of halogens is 2. The van der Waals surface area contributed by atoms with Crippen LogP contribution in [0.2, 0.25) is 0 Å². The molecule has 0 aliphatic rings. The summed E-state index contributed by atoms with van der Waals surface area (Å²) < 4.78 is 15.6. The summed E-state index contributed by atoms with van der Waals surface area (Å²) in [5.41, 5.74) is -0.216. The molecule has 8 heteroatoms. The van der Waals surface area contributed by atoms with Gasteiger partial charge in [-0.2, -0.15) is 0 Å². The molecular formula is C13H11BrFN3O3. The van der Waals surface area contributed by atoms with Crippen LogP contribution >= 0.6 is 15.9 Å². The highest BCUT2D eigenvalue weighted by atomic mass is 79.9. The summed E-state index contributed by atoms with van der Waals surface area (Å²) in [6, 6.07) is 4.49. The SMILES string of the molecule is CCn1cc(Br)cc1C(=O)Nc1cc(F)ccc1[N+](=O)[O-]. The summed E-state index contributed by atoms with van der Waals surface area (Å²) in [4.78, 5) is 22.4. The summed E-state index contributed by atoms with van der Waals surface area (Å²) in [6.07, 6.45) is 1.72. The van der Waals surface area contributed by atoms with E-state index in [2.05, 4.69) is 21.2 Å². The molecule has 0 bridgehead atoms. The molecule has 0 saturated heterocycles. The van der Waals surface area contributed by atoms with Gasteiger partial charge in [-0.1, -0.05) is 0 Å². The minimum Gasteiger partial charge on any atom is -0.343 e. The van der Waals surface area contributed by atoms with Crippen molar-refractivity contribution in [2.75, 3.05) is 5.32 Å². The molecule has 6 nitrogen and oxygen atoms in total. The van der Waals surface area contributed by atoms with Gasteiger partial charge in [-0.3, -0.25) is 14.9 Å². The molecule has 2 rings (SSSR count). The third-order valence-corrected chi connectivity index (χ3v) is 3.27. The lowest BCUT2D eigenvalue weighted by Crippen LogP contribution is -2.17. The maximum atomic E-state index is 13.2. The van der Waals surface area contributed by atoms with Gasteiger partial charge in [0.15, 0.2) is 0 Å². The number of hydrogen-bond acceptors (Lipinski definition) is 3. The molecule has 2 aromatic rings. The number of anilines is 1. The van der Waals surface area contributed by atoms with E-state index in [-0.39, 0.29) is 11.4 Å². The van der Waals surface area contributed by atoms with E-state index in [0.29, 0.717) is 16.7 Å². The van der Waals surface area contributed by atoms with Gasteiger partial charge >= 0.3 is 0 Å². The van der Waals surface area contributed by atoms with Gasteiger partial charge in [0.2, 0.25) is 0 Å². The Hall–Kier alpha value is -2.22. The molecule has 0 saturated carbocycles. The molecule has 1 aromatic heterocycles. The van der Waals surface area contributed by atoms with Crippen molar-refractivity contribution in [3.05, 3.63) is 56.6 Å². The van der Waals surface area contributed by atoms with Crippen molar-refractivity contribution in [3.8, 4) is 0 Å². The van der Waals surface area contributed by atoms with Crippen LogP contribution in [0.25, 0.3) is 0 Å². The molecule has 0 aliphatic carbocycles. The molecular weight excluding hydrogens is 345 g/mol.